The molecule has 3 rings (SSSR count). The molecule has 27 heavy (non-hydrogen) atoms. The van der Waals surface area contributed by atoms with Gasteiger partial charge < -0.3 is 10.1 Å². The summed E-state index contributed by atoms with van der Waals surface area (Å²) in [5.74, 6) is -1.09. The predicted molar refractivity (Wildman–Crippen MR) is 96.3 cm³/mol. The SMILES string of the molecule is COc1ccc(C(=O)CN2C(=O)NC(C)(c3ccc(F)cc3)C2=O)cc1Cl. The molecule has 0 bridgehead atoms. The van der Waals surface area contributed by atoms with E-state index in [1.807, 2.05) is 0 Å². The largest absolute Gasteiger partial charge is 0.495 e. The van der Waals surface area contributed by atoms with Crippen molar-refractivity contribution in [2.45, 2.75) is 12.5 Å². The van der Waals surface area contributed by atoms with Crippen LogP contribution >= 0.6 is 11.6 Å². The van der Waals surface area contributed by atoms with E-state index < -0.39 is 35.6 Å². The molecule has 1 atom stereocenters. The van der Waals surface area contributed by atoms with Crippen LogP contribution in [0.3, 0.4) is 0 Å². The molecule has 1 unspecified atom stereocenters. The van der Waals surface area contributed by atoms with Gasteiger partial charge in [0, 0.05) is 5.56 Å². The fraction of sp³-hybridized carbons (Fsp3) is 0.211. The van der Waals surface area contributed by atoms with E-state index >= 15 is 0 Å². The molecule has 1 heterocycles. The van der Waals surface area contributed by atoms with E-state index in [4.69, 9.17) is 16.3 Å². The van der Waals surface area contributed by atoms with E-state index in [-0.39, 0.29) is 10.6 Å². The summed E-state index contributed by atoms with van der Waals surface area (Å²) in [5.41, 5.74) is -0.704. The van der Waals surface area contributed by atoms with Crippen LogP contribution in [0.15, 0.2) is 42.5 Å². The quantitative estimate of drug-likeness (QED) is 0.628. The Morgan fingerprint density at radius 3 is 2.48 bits per heavy atom. The molecule has 1 aliphatic heterocycles. The lowest BCUT2D eigenvalue weighted by atomic mass is 9.92. The van der Waals surface area contributed by atoms with Gasteiger partial charge in [0.25, 0.3) is 5.91 Å². The summed E-state index contributed by atoms with van der Waals surface area (Å²) in [6.07, 6.45) is 0. The number of amides is 3. The van der Waals surface area contributed by atoms with E-state index in [2.05, 4.69) is 5.32 Å². The van der Waals surface area contributed by atoms with Crippen LogP contribution in [0.25, 0.3) is 0 Å². The lowest BCUT2D eigenvalue weighted by molar-refractivity contribution is -0.130. The molecule has 1 N–H and O–H groups in total. The molecule has 0 aromatic heterocycles. The summed E-state index contributed by atoms with van der Waals surface area (Å²) < 4.78 is 18.2. The Morgan fingerprint density at radius 2 is 1.89 bits per heavy atom. The number of benzene rings is 2. The molecule has 0 spiro atoms. The predicted octanol–water partition coefficient (Wildman–Crippen LogP) is 3.14. The van der Waals surface area contributed by atoms with Crippen molar-refractivity contribution in [1.82, 2.24) is 10.2 Å². The van der Waals surface area contributed by atoms with Gasteiger partial charge in [0.05, 0.1) is 18.7 Å². The van der Waals surface area contributed by atoms with Crippen LogP contribution in [0.2, 0.25) is 5.02 Å². The number of carbonyl (C=O) groups excluding carboxylic acids is 3. The average Bonchev–Trinajstić information content (AvgIpc) is 2.86. The zero-order valence-electron chi connectivity index (χ0n) is 14.6. The van der Waals surface area contributed by atoms with Crippen molar-refractivity contribution in [1.29, 1.82) is 0 Å². The molecular formula is C19H16ClFN2O4. The minimum atomic E-state index is -1.37. The van der Waals surface area contributed by atoms with Crippen LogP contribution in [0, 0.1) is 5.82 Å². The number of ether oxygens (including phenoxy) is 1. The lowest BCUT2D eigenvalue weighted by Crippen LogP contribution is -2.41. The van der Waals surface area contributed by atoms with E-state index in [9.17, 15) is 18.8 Å². The Morgan fingerprint density at radius 1 is 1.22 bits per heavy atom. The standard InChI is InChI=1S/C19H16ClFN2O4/c1-19(12-4-6-13(21)7-5-12)17(25)23(18(26)22-19)10-15(24)11-3-8-16(27-2)14(20)9-11/h3-9H,10H2,1-2H3,(H,22,26). The average molecular weight is 391 g/mol. The second-order valence-electron chi connectivity index (χ2n) is 6.23. The maximum absolute atomic E-state index is 13.1. The van der Waals surface area contributed by atoms with E-state index in [1.165, 1.54) is 56.5 Å². The van der Waals surface area contributed by atoms with Crippen molar-refractivity contribution in [3.8, 4) is 5.75 Å². The number of urea groups is 1. The van der Waals surface area contributed by atoms with Gasteiger partial charge in [-0.2, -0.15) is 0 Å². The number of rotatable bonds is 5. The summed E-state index contributed by atoms with van der Waals surface area (Å²) in [6, 6.07) is 9.00. The Hall–Kier alpha value is -2.93. The first-order valence-corrected chi connectivity index (χ1v) is 8.41. The number of nitrogens with zero attached hydrogens (tertiary/aromatic N) is 1. The minimum Gasteiger partial charge on any atom is -0.495 e. The van der Waals surface area contributed by atoms with Crippen molar-refractivity contribution in [2.24, 2.45) is 0 Å². The molecule has 0 aliphatic carbocycles. The lowest BCUT2D eigenvalue weighted by Gasteiger charge is -2.22. The van der Waals surface area contributed by atoms with Crippen LogP contribution in [0.1, 0.15) is 22.8 Å². The molecular weight excluding hydrogens is 375 g/mol. The van der Waals surface area contributed by atoms with Gasteiger partial charge in [-0.1, -0.05) is 23.7 Å². The molecule has 6 nitrogen and oxygen atoms in total. The van der Waals surface area contributed by atoms with Crippen molar-refractivity contribution in [3.05, 3.63) is 64.4 Å². The Kier molecular flexibility index (Phi) is 4.89. The van der Waals surface area contributed by atoms with Crippen LogP contribution < -0.4 is 10.1 Å². The third-order valence-electron chi connectivity index (χ3n) is 4.47. The monoisotopic (exact) mass is 390 g/mol. The fourth-order valence-corrected chi connectivity index (χ4v) is 3.15. The van der Waals surface area contributed by atoms with Crippen molar-refractivity contribution < 1.29 is 23.5 Å². The number of carbonyl (C=O) groups is 3. The number of halogens is 2. The number of Topliss-reactive ketones (excluding diaryl/α,β-unsaturated/α-hetero) is 1. The summed E-state index contributed by atoms with van der Waals surface area (Å²) in [5, 5.41) is 2.82. The van der Waals surface area contributed by atoms with Crippen LogP contribution in [0.5, 0.6) is 5.75 Å². The normalized spacial score (nSPS) is 19.2. The van der Waals surface area contributed by atoms with Gasteiger partial charge in [0.1, 0.15) is 17.1 Å². The number of imide groups is 1. The van der Waals surface area contributed by atoms with Gasteiger partial charge in [-0.3, -0.25) is 14.5 Å². The molecule has 0 saturated carbocycles. The van der Waals surface area contributed by atoms with E-state index in [0.29, 0.717) is 11.3 Å². The number of nitrogens with one attached hydrogen (secondary N) is 1. The van der Waals surface area contributed by atoms with Crippen molar-refractivity contribution in [3.63, 3.8) is 0 Å². The number of hydrogen-bond acceptors (Lipinski definition) is 4. The van der Waals surface area contributed by atoms with Gasteiger partial charge in [-0.05, 0) is 42.8 Å². The molecule has 2 aromatic rings. The van der Waals surface area contributed by atoms with Gasteiger partial charge >= 0.3 is 6.03 Å². The number of ketones is 1. The fourth-order valence-electron chi connectivity index (χ4n) is 2.89. The molecule has 1 aliphatic rings. The highest BCUT2D eigenvalue weighted by Crippen LogP contribution is 2.30. The smallest absolute Gasteiger partial charge is 0.325 e. The zero-order valence-corrected chi connectivity index (χ0v) is 15.3. The summed E-state index contributed by atoms with van der Waals surface area (Å²) in [4.78, 5) is 38.5. The van der Waals surface area contributed by atoms with Crippen LogP contribution in [0.4, 0.5) is 9.18 Å². The third-order valence-corrected chi connectivity index (χ3v) is 4.77. The summed E-state index contributed by atoms with van der Waals surface area (Å²) >= 11 is 6.02. The van der Waals surface area contributed by atoms with Crippen molar-refractivity contribution >= 4 is 29.3 Å². The third kappa shape index (κ3) is 3.38. The second-order valence-corrected chi connectivity index (χ2v) is 6.63. The topological polar surface area (TPSA) is 75.7 Å². The van der Waals surface area contributed by atoms with Gasteiger partial charge in [-0.15, -0.1) is 0 Å². The first-order chi connectivity index (χ1) is 12.8. The molecule has 1 fully saturated rings. The first-order valence-electron chi connectivity index (χ1n) is 8.03. The Labute approximate surface area is 159 Å². The number of methoxy groups -OCH3 is 1. The maximum Gasteiger partial charge on any atom is 0.325 e. The van der Waals surface area contributed by atoms with Gasteiger partial charge in [0.15, 0.2) is 5.78 Å². The van der Waals surface area contributed by atoms with E-state index in [0.717, 1.165) is 4.90 Å². The molecule has 8 heteroatoms. The molecule has 3 amide bonds. The van der Waals surface area contributed by atoms with Gasteiger partial charge in [0.2, 0.25) is 0 Å². The summed E-state index contributed by atoms with van der Waals surface area (Å²) in [7, 11) is 1.45. The molecule has 140 valence electrons. The highest BCUT2D eigenvalue weighted by molar-refractivity contribution is 6.32. The minimum absolute atomic E-state index is 0.247. The van der Waals surface area contributed by atoms with Crippen LogP contribution in [-0.4, -0.2) is 36.3 Å². The maximum atomic E-state index is 13.1. The molecule has 2 aromatic carbocycles. The van der Waals surface area contributed by atoms with Gasteiger partial charge in [-0.25, -0.2) is 9.18 Å². The summed E-state index contributed by atoms with van der Waals surface area (Å²) in [6.45, 7) is 1.07. The molecule has 0 radical (unpaired) electrons. The number of hydrogen-bond donors (Lipinski definition) is 1. The Balaban J connectivity index is 1.82. The first kappa shape index (κ1) is 18.8. The zero-order chi connectivity index (χ0) is 19.8. The highest BCUT2D eigenvalue weighted by Gasteiger charge is 2.49. The Bertz CT molecular complexity index is 932. The molecule has 1 saturated heterocycles. The van der Waals surface area contributed by atoms with Crippen LogP contribution in [-0.2, 0) is 10.3 Å². The highest BCUT2D eigenvalue weighted by atomic mass is 35.5. The van der Waals surface area contributed by atoms with Crippen molar-refractivity contribution in [2.75, 3.05) is 13.7 Å². The van der Waals surface area contributed by atoms with E-state index in [1.54, 1.807) is 0 Å². The second kappa shape index (κ2) is 7.00.